The SMILES string of the molecule is Oc1ccc2c(Cc3ccc(O[C@@H]4CCCC[C@H]4N4CCCCC4)nc3)c(-c3ccc(OCCN4CCCC4)cc3)sc2c1. The standard InChI is InChI=1S/C37H45N3O3S/c41-29-13-16-31-32(37(44-35(31)25-29)28-11-14-30(15-12-28)42-23-22-39-18-6-7-19-39)24-27-10-17-36(38-26-27)43-34-9-3-2-8-33(34)40-20-4-1-5-21-40/h10-17,25-26,33-34,41H,1-9,18-24H2/t33-,34-/m1/s1. The fraction of sp³-hybridized carbons (Fsp3) is 0.486. The Morgan fingerprint density at radius 2 is 1.64 bits per heavy atom. The van der Waals surface area contributed by atoms with Crippen LogP contribution in [0.1, 0.15) is 68.9 Å². The van der Waals surface area contributed by atoms with E-state index >= 15 is 0 Å². The van der Waals surface area contributed by atoms with Crippen LogP contribution in [0.4, 0.5) is 0 Å². The maximum atomic E-state index is 10.2. The lowest BCUT2D eigenvalue weighted by molar-refractivity contribution is 0.0237. The second-order valence-electron chi connectivity index (χ2n) is 12.8. The first kappa shape index (κ1) is 29.6. The number of hydrogen-bond donors (Lipinski definition) is 1. The third-order valence-corrected chi connectivity index (χ3v) is 11.0. The summed E-state index contributed by atoms with van der Waals surface area (Å²) in [5.41, 5.74) is 3.59. The van der Waals surface area contributed by atoms with Gasteiger partial charge in [0, 0.05) is 40.8 Å². The van der Waals surface area contributed by atoms with Gasteiger partial charge in [-0.25, -0.2) is 4.98 Å². The maximum Gasteiger partial charge on any atom is 0.213 e. The lowest BCUT2D eigenvalue weighted by atomic mass is 9.90. The minimum atomic E-state index is 0.229. The third kappa shape index (κ3) is 6.90. The summed E-state index contributed by atoms with van der Waals surface area (Å²) in [5, 5.41) is 11.4. The van der Waals surface area contributed by atoms with E-state index in [-0.39, 0.29) is 6.10 Å². The summed E-state index contributed by atoms with van der Waals surface area (Å²) in [6, 6.07) is 19.0. The number of hydrogen-bond acceptors (Lipinski definition) is 7. The molecule has 2 aromatic carbocycles. The monoisotopic (exact) mass is 611 g/mol. The molecule has 0 radical (unpaired) electrons. The van der Waals surface area contributed by atoms with E-state index in [9.17, 15) is 5.11 Å². The van der Waals surface area contributed by atoms with Crippen LogP contribution >= 0.6 is 11.3 Å². The second kappa shape index (κ2) is 13.9. The van der Waals surface area contributed by atoms with Crippen molar-refractivity contribution in [3.05, 3.63) is 71.9 Å². The molecule has 7 heteroatoms. The van der Waals surface area contributed by atoms with Gasteiger partial charge < -0.3 is 14.6 Å². The van der Waals surface area contributed by atoms with Crippen molar-refractivity contribution in [3.63, 3.8) is 0 Å². The Morgan fingerprint density at radius 3 is 2.43 bits per heavy atom. The number of rotatable bonds is 10. The van der Waals surface area contributed by atoms with E-state index in [0.29, 0.717) is 11.8 Å². The normalized spacial score (nSPS) is 21.5. The van der Waals surface area contributed by atoms with Gasteiger partial charge >= 0.3 is 0 Å². The van der Waals surface area contributed by atoms with Gasteiger partial charge in [-0.15, -0.1) is 11.3 Å². The minimum Gasteiger partial charge on any atom is -0.508 e. The molecule has 2 aromatic heterocycles. The Morgan fingerprint density at radius 1 is 0.841 bits per heavy atom. The van der Waals surface area contributed by atoms with E-state index in [1.165, 1.54) is 98.9 Å². The number of piperidine rings is 1. The maximum absolute atomic E-state index is 10.2. The number of thiophene rings is 1. The highest BCUT2D eigenvalue weighted by Gasteiger charge is 2.32. The molecule has 44 heavy (non-hydrogen) atoms. The molecule has 0 spiro atoms. The molecule has 1 saturated carbocycles. The molecule has 0 amide bonds. The van der Waals surface area contributed by atoms with E-state index in [1.807, 2.05) is 18.3 Å². The average molecular weight is 612 g/mol. The molecule has 0 bridgehead atoms. The van der Waals surface area contributed by atoms with Gasteiger partial charge in [0.15, 0.2) is 0 Å². The number of aromatic hydroxyl groups is 1. The summed E-state index contributed by atoms with van der Waals surface area (Å²) in [7, 11) is 0. The van der Waals surface area contributed by atoms with E-state index in [2.05, 4.69) is 46.2 Å². The molecule has 4 aromatic rings. The van der Waals surface area contributed by atoms with Crippen LogP contribution < -0.4 is 9.47 Å². The Labute approximate surface area is 265 Å². The Balaban J connectivity index is 1.06. The molecule has 2 atom stereocenters. The number of pyridine rings is 1. The Hall–Kier alpha value is -3.13. The smallest absolute Gasteiger partial charge is 0.213 e. The van der Waals surface area contributed by atoms with Gasteiger partial charge in [-0.05, 0) is 136 Å². The van der Waals surface area contributed by atoms with Gasteiger partial charge in [0.05, 0.1) is 0 Å². The summed E-state index contributed by atoms with van der Waals surface area (Å²) in [4.78, 5) is 11.2. The van der Waals surface area contributed by atoms with E-state index < -0.39 is 0 Å². The number of aromatic nitrogens is 1. The molecule has 3 fully saturated rings. The molecule has 3 aliphatic rings. The molecule has 4 heterocycles. The van der Waals surface area contributed by atoms with Crippen LogP contribution in [0.25, 0.3) is 20.5 Å². The summed E-state index contributed by atoms with van der Waals surface area (Å²) in [6.07, 6.45) is 14.5. The second-order valence-corrected chi connectivity index (χ2v) is 13.9. The molecule has 0 unspecified atom stereocenters. The van der Waals surface area contributed by atoms with E-state index in [0.717, 1.165) is 47.9 Å². The van der Waals surface area contributed by atoms with Crippen LogP contribution in [0.2, 0.25) is 0 Å². The highest BCUT2D eigenvalue weighted by Crippen LogP contribution is 2.41. The number of ether oxygens (including phenoxy) is 2. The molecule has 2 aliphatic heterocycles. The van der Waals surface area contributed by atoms with Crippen molar-refractivity contribution >= 4 is 21.4 Å². The van der Waals surface area contributed by atoms with Crippen LogP contribution in [-0.2, 0) is 6.42 Å². The molecule has 1 N–H and O–H groups in total. The number of fused-ring (bicyclic) bond motifs is 1. The van der Waals surface area contributed by atoms with Crippen molar-refractivity contribution in [1.82, 2.24) is 14.8 Å². The zero-order chi connectivity index (χ0) is 29.7. The van der Waals surface area contributed by atoms with Crippen molar-refractivity contribution in [2.24, 2.45) is 0 Å². The lowest BCUT2D eigenvalue weighted by Crippen LogP contribution is -2.49. The molecular weight excluding hydrogens is 566 g/mol. The van der Waals surface area contributed by atoms with Gasteiger partial charge in [0.2, 0.25) is 5.88 Å². The Kier molecular flexibility index (Phi) is 9.33. The first-order valence-electron chi connectivity index (χ1n) is 16.8. The van der Waals surface area contributed by atoms with E-state index in [4.69, 9.17) is 14.5 Å². The first-order valence-corrected chi connectivity index (χ1v) is 17.6. The fourth-order valence-corrected chi connectivity index (χ4v) is 8.64. The van der Waals surface area contributed by atoms with Crippen molar-refractivity contribution in [2.75, 3.05) is 39.3 Å². The molecule has 6 nitrogen and oxygen atoms in total. The first-order chi connectivity index (χ1) is 21.7. The van der Waals surface area contributed by atoms with Crippen LogP contribution in [0, 0.1) is 0 Å². The van der Waals surface area contributed by atoms with Gasteiger partial charge in [-0.3, -0.25) is 9.80 Å². The zero-order valence-corrected chi connectivity index (χ0v) is 26.6. The van der Waals surface area contributed by atoms with Crippen molar-refractivity contribution in [2.45, 2.75) is 76.4 Å². The van der Waals surface area contributed by atoms with Crippen LogP contribution in [0.15, 0.2) is 60.8 Å². The summed E-state index contributed by atoms with van der Waals surface area (Å²) >= 11 is 1.73. The number of phenolic OH excluding ortho intramolecular Hbond substituents is 1. The molecular formula is C37H45N3O3S. The highest BCUT2D eigenvalue weighted by atomic mass is 32.1. The number of phenols is 1. The molecule has 2 saturated heterocycles. The van der Waals surface area contributed by atoms with Crippen molar-refractivity contribution < 1.29 is 14.6 Å². The predicted molar refractivity (Wildman–Crippen MR) is 179 cm³/mol. The van der Waals surface area contributed by atoms with Gasteiger partial charge in [-0.1, -0.05) is 18.9 Å². The van der Waals surface area contributed by atoms with E-state index in [1.54, 1.807) is 17.4 Å². The molecule has 232 valence electrons. The van der Waals surface area contributed by atoms with Crippen molar-refractivity contribution in [3.8, 4) is 27.8 Å². The largest absolute Gasteiger partial charge is 0.508 e. The Bertz CT molecular complexity index is 1510. The summed E-state index contributed by atoms with van der Waals surface area (Å²) < 4.78 is 13.7. The predicted octanol–water partition coefficient (Wildman–Crippen LogP) is 7.91. The number of likely N-dealkylation sites (tertiary alicyclic amines) is 2. The quantitative estimate of drug-likeness (QED) is 0.197. The average Bonchev–Trinajstić information content (AvgIpc) is 3.71. The van der Waals surface area contributed by atoms with Crippen molar-refractivity contribution in [1.29, 1.82) is 0 Å². The fourth-order valence-electron chi connectivity index (χ4n) is 7.38. The lowest BCUT2D eigenvalue weighted by Gasteiger charge is -2.41. The molecule has 1 aliphatic carbocycles. The minimum absolute atomic E-state index is 0.229. The van der Waals surface area contributed by atoms with Crippen LogP contribution in [0.3, 0.4) is 0 Å². The topological polar surface area (TPSA) is 58.1 Å². The van der Waals surface area contributed by atoms with Gasteiger partial charge in [0.25, 0.3) is 0 Å². The number of benzene rings is 2. The number of nitrogens with zero attached hydrogens (tertiary/aromatic N) is 3. The van der Waals surface area contributed by atoms with Crippen LogP contribution in [-0.4, -0.2) is 71.4 Å². The zero-order valence-electron chi connectivity index (χ0n) is 25.8. The summed E-state index contributed by atoms with van der Waals surface area (Å²) in [5.74, 6) is 1.95. The third-order valence-electron chi connectivity index (χ3n) is 9.75. The molecule has 7 rings (SSSR count). The van der Waals surface area contributed by atoms with Gasteiger partial charge in [0.1, 0.15) is 24.2 Å². The van der Waals surface area contributed by atoms with Gasteiger partial charge in [-0.2, -0.15) is 0 Å². The summed E-state index contributed by atoms with van der Waals surface area (Å²) in [6.45, 7) is 6.51. The highest BCUT2D eigenvalue weighted by molar-refractivity contribution is 7.22. The van der Waals surface area contributed by atoms with Crippen LogP contribution in [0.5, 0.6) is 17.4 Å².